The van der Waals surface area contributed by atoms with Crippen LogP contribution in [0.15, 0.2) is 91.0 Å². The van der Waals surface area contributed by atoms with Gasteiger partial charge in [-0.25, -0.2) is 9.59 Å². The van der Waals surface area contributed by atoms with E-state index in [1.807, 2.05) is 66.7 Å². The summed E-state index contributed by atoms with van der Waals surface area (Å²) in [5, 5.41) is 6.19. The first kappa shape index (κ1) is 32.7. The highest BCUT2D eigenvalue weighted by atomic mass is 16.8. The predicted octanol–water partition coefficient (Wildman–Crippen LogP) is 4.24. The van der Waals surface area contributed by atoms with Crippen molar-refractivity contribution in [2.24, 2.45) is 0 Å². The van der Waals surface area contributed by atoms with Gasteiger partial charge in [-0.15, -0.1) is 0 Å². The Morgan fingerprint density at radius 3 is 2.02 bits per heavy atom. The summed E-state index contributed by atoms with van der Waals surface area (Å²) in [7, 11) is 0. The number of nitrogens with one attached hydrogen (secondary N) is 2. The van der Waals surface area contributed by atoms with Gasteiger partial charge in [-0.05, 0) is 29.5 Å². The van der Waals surface area contributed by atoms with Crippen LogP contribution in [0.4, 0.5) is 4.79 Å². The lowest BCUT2D eigenvalue weighted by Crippen LogP contribution is -2.63. The molecule has 3 fully saturated rings. The molecule has 12 nitrogen and oxygen atoms in total. The molecule has 12 heteroatoms. The number of carbonyl (C=O) groups excluding carboxylic acids is 5. The van der Waals surface area contributed by atoms with E-state index in [0.29, 0.717) is 41.9 Å². The average Bonchev–Trinajstić information content (AvgIpc) is 3.70. The van der Waals surface area contributed by atoms with E-state index in [-0.39, 0.29) is 26.1 Å². The summed E-state index contributed by atoms with van der Waals surface area (Å²) in [5.41, 5.74) is -1.38. The van der Waals surface area contributed by atoms with Crippen LogP contribution in [0.25, 0.3) is 0 Å². The normalized spacial score (nSPS) is 21.8. The number of cyclic esters (lactones) is 1. The van der Waals surface area contributed by atoms with E-state index in [9.17, 15) is 24.0 Å². The minimum atomic E-state index is -2.20. The van der Waals surface area contributed by atoms with Crippen molar-refractivity contribution in [3.63, 3.8) is 0 Å². The molecule has 250 valence electrons. The Morgan fingerprint density at radius 1 is 0.833 bits per heavy atom. The van der Waals surface area contributed by atoms with Gasteiger partial charge in [-0.1, -0.05) is 110 Å². The number of amides is 3. The van der Waals surface area contributed by atoms with Crippen LogP contribution in [-0.2, 0) is 44.8 Å². The number of esters is 2. The SMILES string of the molecule is O=C1CCC(C(=O)OC(c2ccccc2)c2ccccc2)(N2OC[C@H](NC(=O)C3(NC(=O)OCc4ccccc4)CCCCC3)C2=O)O1. The lowest BCUT2D eigenvalue weighted by atomic mass is 9.80. The van der Waals surface area contributed by atoms with Crippen LogP contribution in [-0.4, -0.2) is 58.8 Å². The van der Waals surface area contributed by atoms with Crippen molar-refractivity contribution in [1.29, 1.82) is 0 Å². The molecule has 2 aliphatic heterocycles. The maximum Gasteiger partial charge on any atom is 0.408 e. The third-order valence-corrected chi connectivity index (χ3v) is 8.90. The van der Waals surface area contributed by atoms with E-state index < -0.39 is 53.3 Å². The topological polar surface area (TPSA) is 150 Å². The Hall–Kier alpha value is -5.23. The second-order valence-electron chi connectivity index (χ2n) is 12.1. The Balaban J connectivity index is 1.17. The zero-order chi connectivity index (χ0) is 33.6. The van der Waals surface area contributed by atoms with Gasteiger partial charge in [-0.3, -0.25) is 19.2 Å². The summed E-state index contributed by atoms with van der Waals surface area (Å²) in [6.07, 6.45) is 0.965. The smallest absolute Gasteiger partial charge is 0.408 e. The van der Waals surface area contributed by atoms with Crippen LogP contribution in [0.3, 0.4) is 0 Å². The molecule has 3 aliphatic rings. The Labute approximate surface area is 277 Å². The van der Waals surface area contributed by atoms with Gasteiger partial charge in [0.2, 0.25) is 5.91 Å². The number of hydroxylamine groups is 2. The van der Waals surface area contributed by atoms with Crippen LogP contribution < -0.4 is 10.6 Å². The molecule has 0 radical (unpaired) electrons. The minimum absolute atomic E-state index is 0.0284. The Morgan fingerprint density at radius 2 is 1.44 bits per heavy atom. The molecule has 2 heterocycles. The van der Waals surface area contributed by atoms with Crippen molar-refractivity contribution in [2.75, 3.05) is 6.61 Å². The van der Waals surface area contributed by atoms with Crippen LogP contribution in [0.5, 0.6) is 0 Å². The largest absolute Gasteiger partial charge is 0.448 e. The average molecular weight is 656 g/mol. The molecule has 48 heavy (non-hydrogen) atoms. The summed E-state index contributed by atoms with van der Waals surface area (Å²) >= 11 is 0. The van der Waals surface area contributed by atoms with E-state index >= 15 is 0 Å². The van der Waals surface area contributed by atoms with Crippen molar-refractivity contribution < 1.29 is 43.0 Å². The van der Waals surface area contributed by atoms with E-state index in [0.717, 1.165) is 12.0 Å². The lowest BCUT2D eigenvalue weighted by Gasteiger charge is -2.37. The molecule has 2 N–H and O–H groups in total. The lowest BCUT2D eigenvalue weighted by molar-refractivity contribution is -0.260. The first-order valence-corrected chi connectivity index (χ1v) is 16.1. The summed E-state index contributed by atoms with van der Waals surface area (Å²) in [5.74, 6) is -3.05. The molecular weight excluding hydrogens is 618 g/mol. The molecule has 1 saturated carbocycles. The molecule has 3 aromatic carbocycles. The molecule has 1 aliphatic carbocycles. The first-order valence-electron chi connectivity index (χ1n) is 16.1. The predicted molar refractivity (Wildman–Crippen MR) is 169 cm³/mol. The molecular formula is C36H37N3O9. The van der Waals surface area contributed by atoms with E-state index in [1.165, 1.54) is 0 Å². The van der Waals surface area contributed by atoms with Gasteiger partial charge in [0.1, 0.15) is 24.8 Å². The summed E-state index contributed by atoms with van der Waals surface area (Å²) < 4.78 is 16.9. The van der Waals surface area contributed by atoms with E-state index in [1.54, 1.807) is 24.3 Å². The molecule has 2 atom stereocenters. The second kappa shape index (κ2) is 14.3. The molecule has 6 rings (SSSR count). The van der Waals surface area contributed by atoms with Crippen molar-refractivity contribution in [1.82, 2.24) is 15.7 Å². The Bertz CT molecular complexity index is 1590. The molecule has 3 amide bonds. The van der Waals surface area contributed by atoms with E-state index in [2.05, 4.69) is 10.6 Å². The number of ether oxygens (including phenoxy) is 3. The van der Waals surface area contributed by atoms with Gasteiger partial charge in [-0.2, -0.15) is 5.06 Å². The maximum absolute atomic E-state index is 14.0. The van der Waals surface area contributed by atoms with Crippen molar-refractivity contribution in [3.05, 3.63) is 108 Å². The fourth-order valence-corrected chi connectivity index (χ4v) is 6.34. The van der Waals surface area contributed by atoms with Crippen LogP contribution in [0.2, 0.25) is 0 Å². The van der Waals surface area contributed by atoms with Gasteiger partial charge < -0.3 is 24.8 Å². The first-order chi connectivity index (χ1) is 23.3. The van der Waals surface area contributed by atoms with Gasteiger partial charge in [0.05, 0.1) is 6.42 Å². The number of carbonyl (C=O) groups is 5. The van der Waals surface area contributed by atoms with Gasteiger partial charge in [0.15, 0.2) is 6.10 Å². The summed E-state index contributed by atoms with van der Waals surface area (Å²) in [6, 6.07) is 26.0. The zero-order valence-electron chi connectivity index (χ0n) is 26.3. The fourth-order valence-electron chi connectivity index (χ4n) is 6.34. The second-order valence-corrected chi connectivity index (χ2v) is 12.1. The van der Waals surface area contributed by atoms with Gasteiger partial charge in [0.25, 0.3) is 5.91 Å². The van der Waals surface area contributed by atoms with Crippen molar-refractivity contribution in [3.8, 4) is 0 Å². The third-order valence-electron chi connectivity index (χ3n) is 8.90. The molecule has 0 spiro atoms. The van der Waals surface area contributed by atoms with Crippen LogP contribution >= 0.6 is 0 Å². The molecule has 0 aromatic heterocycles. The molecule has 2 saturated heterocycles. The van der Waals surface area contributed by atoms with Crippen molar-refractivity contribution >= 4 is 29.8 Å². The number of hydrogen-bond donors (Lipinski definition) is 2. The van der Waals surface area contributed by atoms with E-state index in [4.69, 9.17) is 19.0 Å². The summed E-state index contributed by atoms with van der Waals surface area (Å²) in [6.45, 7) is -0.299. The molecule has 0 bridgehead atoms. The molecule has 3 aromatic rings. The number of nitrogens with zero attached hydrogens (tertiary/aromatic N) is 1. The number of alkyl carbamates (subject to hydrolysis) is 1. The highest BCUT2D eigenvalue weighted by molar-refractivity contribution is 5.97. The number of benzene rings is 3. The highest BCUT2D eigenvalue weighted by Gasteiger charge is 2.60. The zero-order valence-corrected chi connectivity index (χ0v) is 26.3. The monoisotopic (exact) mass is 655 g/mol. The standard InChI is InChI=1S/C36H37N3O9/c40-29-19-22-36(48-29,33(43)47-30(26-15-7-2-8-16-26)27-17-9-3-10-18-27)39-31(41)28(24-46-39)37-32(42)35(20-11-4-12-21-35)38-34(44)45-23-25-13-5-1-6-14-25/h1-3,5-10,13-18,28,30H,4,11-12,19-24H2,(H,37,42)(H,38,44)/t28-,36?/m0/s1. The fraction of sp³-hybridized carbons (Fsp3) is 0.361. The van der Waals surface area contributed by atoms with Crippen molar-refractivity contribution in [2.45, 2.75) is 75.0 Å². The van der Waals surface area contributed by atoms with Gasteiger partial charge >= 0.3 is 23.8 Å². The van der Waals surface area contributed by atoms with Gasteiger partial charge in [0, 0.05) is 6.42 Å². The Kier molecular flexibility index (Phi) is 9.72. The number of rotatable bonds is 10. The van der Waals surface area contributed by atoms with Crippen LogP contribution in [0.1, 0.15) is 67.7 Å². The summed E-state index contributed by atoms with van der Waals surface area (Å²) in [4.78, 5) is 72.6. The third kappa shape index (κ3) is 6.89. The maximum atomic E-state index is 14.0. The van der Waals surface area contributed by atoms with Crippen LogP contribution in [0, 0.1) is 0 Å². The molecule has 1 unspecified atom stereocenters. The minimum Gasteiger partial charge on any atom is -0.448 e. The quantitative estimate of drug-likeness (QED) is 0.242. The number of hydrogen-bond acceptors (Lipinski definition) is 9. The highest BCUT2D eigenvalue weighted by Crippen LogP contribution is 2.38.